The lowest BCUT2D eigenvalue weighted by Gasteiger charge is -2.22. The molecular formula is C11H19N3O. The molecule has 0 aromatic carbocycles. The van der Waals surface area contributed by atoms with Crippen molar-refractivity contribution in [2.45, 2.75) is 37.8 Å². The number of rotatable bonds is 4. The number of aliphatic hydroxyl groups is 1. The molecule has 1 aliphatic rings. The summed E-state index contributed by atoms with van der Waals surface area (Å²) < 4.78 is 1.99. The third kappa shape index (κ3) is 2.58. The van der Waals surface area contributed by atoms with E-state index < -0.39 is 5.60 Å². The summed E-state index contributed by atoms with van der Waals surface area (Å²) in [5.41, 5.74) is -0.467. The Morgan fingerprint density at radius 1 is 1.53 bits per heavy atom. The Morgan fingerprint density at radius 3 is 2.87 bits per heavy atom. The number of aromatic nitrogens is 2. The molecule has 15 heavy (non-hydrogen) atoms. The number of aryl methyl sites for hydroxylation is 1. The Hall–Kier alpha value is -0.870. The van der Waals surface area contributed by atoms with Crippen molar-refractivity contribution in [3.63, 3.8) is 0 Å². The normalized spacial score (nSPS) is 19.6. The fraction of sp³-hybridized carbons (Fsp3) is 0.727. The summed E-state index contributed by atoms with van der Waals surface area (Å²) in [6.07, 6.45) is 7.89. The van der Waals surface area contributed by atoms with Gasteiger partial charge in [0.25, 0.3) is 0 Å². The number of nitrogens with zero attached hydrogens (tertiary/aromatic N) is 2. The molecule has 0 unspecified atom stereocenters. The lowest BCUT2D eigenvalue weighted by atomic mass is 10.0. The Kier molecular flexibility index (Phi) is 3.07. The molecule has 1 heterocycles. The number of hydrogen-bond donors (Lipinski definition) is 2. The fourth-order valence-electron chi connectivity index (χ4n) is 2.18. The van der Waals surface area contributed by atoms with Gasteiger partial charge in [0.05, 0.1) is 12.1 Å². The van der Waals surface area contributed by atoms with Gasteiger partial charge in [-0.3, -0.25) is 0 Å². The van der Waals surface area contributed by atoms with E-state index >= 15 is 0 Å². The third-order valence-electron chi connectivity index (χ3n) is 3.19. The lowest BCUT2D eigenvalue weighted by Crippen LogP contribution is -2.38. The summed E-state index contributed by atoms with van der Waals surface area (Å²) in [6.45, 7) is 1.41. The highest BCUT2D eigenvalue weighted by molar-refractivity contribution is 4.92. The Bertz CT molecular complexity index is 315. The zero-order valence-corrected chi connectivity index (χ0v) is 9.24. The maximum Gasteiger partial charge on any atom is 0.122 e. The van der Waals surface area contributed by atoms with Gasteiger partial charge in [0, 0.05) is 26.0 Å². The van der Waals surface area contributed by atoms with Crippen molar-refractivity contribution in [2.24, 2.45) is 7.05 Å². The van der Waals surface area contributed by atoms with Crippen LogP contribution in [0.1, 0.15) is 31.5 Å². The van der Waals surface area contributed by atoms with Crippen LogP contribution < -0.4 is 5.32 Å². The molecule has 1 aliphatic carbocycles. The van der Waals surface area contributed by atoms with Gasteiger partial charge in [-0.15, -0.1) is 0 Å². The van der Waals surface area contributed by atoms with Gasteiger partial charge in [-0.05, 0) is 12.8 Å². The van der Waals surface area contributed by atoms with Crippen molar-refractivity contribution in [3.05, 3.63) is 18.2 Å². The van der Waals surface area contributed by atoms with Crippen LogP contribution in [0.25, 0.3) is 0 Å². The van der Waals surface area contributed by atoms with Crippen molar-refractivity contribution >= 4 is 0 Å². The summed E-state index contributed by atoms with van der Waals surface area (Å²) in [5.74, 6) is 1.01. The van der Waals surface area contributed by atoms with Gasteiger partial charge in [-0.25, -0.2) is 4.98 Å². The first-order chi connectivity index (χ1) is 7.20. The third-order valence-corrected chi connectivity index (χ3v) is 3.19. The summed E-state index contributed by atoms with van der Waals surface area (Å²) in [5, 5.41) is 13.4. The first kappa shape index (κ1) is 10.6. The van der Waals surface area contributed by atoms with Crippen LogP contribution in [-0.4, -0.2) is 26.8 Å². The van der Waals surface area contributed by atoms with Gasteiger partial charge in [0.15, 0.2) is 0 Å². The van der Waals surface area contributed by atoms with E-state index in [1.807, 2.05) is 17.8 Å². The van der Waals surface area contributed by atoms with Crippen LogP contribution >= 0.6 is 0 Å². The van der Waals surface area contributed by atoms with Gasteiger partial charge in [0.1, 0.15) is 5.82 Å². The minimum absolute atomic E-state index is 0.467. The largest absolute Gasteiger partial charge is 0.389 e. The highest BCUT2D eigenvalue weighted by Crippen LogP contribution is 2.28. The molecule has 84 valence electrons. The highest BCUT2D eigenvalue weighted by atomic mass is 16.3. The minimum atomic E-state index is -0.467. The second-order valence-corrected chi connectivity index (χ2v) is 4.49. The van der Waals surface area contributed by atoms with E-state index in [2.05, 4.69) is 10.3 Å². The van der Waals surface area contributed by atoms with Crippen LogP contribution in [0.4, 0.5) is 0 Å². The van der Waals surface area contributed by atoms with Crippen molar-refractivity contribution in [1.29, 1.82) is 0 Å². The molecule has 1 aromatic heterocycles. The Balaban J connectivity index is 1.77. The van der Waals surface area contributed by atoms with E-state index in [1.165, 1.54) is 0 Å². The van der Waals surface area contributed by atoms with Gasteiger partial charge in [-0.1, -0.05) is 12.8 Å². The van der Waals surface area contributed by atoms with E-state index in [1.54, 1.807) is 6.20 Å². The predicted molar refractivity (Wildman–Crippen MR) is 58.3 cm³/mol. The van der Waals surface area contributed by atoms with Crippen LogP contribution in [0.15, 0.2) is 12.4 Å². The molecule has 0 saturated heterocycles. The first-order valence-corrected chi connectivity index (χ1v) is 5.59. The molecule has 0 spiro atoms. The SMILES string of the molecule is Cn1ccnc1CNCC1(O)CCCC1. The van der Waals surface area contributed by atoms with E-state index in [0.717, 1.165) is 38.1 Å². The van der Waals surface area contributed by atoms with E-state index in [4.69, 9.17) is 0 Å². The number of nitrogens with one attached hydrogen (secondary N) is 1. The smallest absolute Gasteiger partial charge is 0.122 e. The first-order valence-electron chi connectivity index (χ1n) is 5.59. The van der Waals surface area contributed by atoms with Gasteiger partial charge in [-0.2, -0.15) is 0 Å². The maximum atomic E-state index is 10.1. The minimum Gasteiger partial charge on any atom is -0.389 e. The van der Waals surface area contributed by atoms with E-state index in [0.29, 0.717) is 6.54 Å². The number of imidazole rings is 1. The summed E-state index contributed by atoms with van der Waals surface area (Å²) in [6, 6.07) is 0. The molecular weight excluding hydrogens is 190 g/mol. The molecule has 0 aliphatic heterocycles. The Labute approximate surface area is 90.3 Å². The summed E-state index contributed by atoms with van der Waals surface area (Å²) >= 11 is 0. The molecule has 0 atom stereocenters. The van der Waals surface area contributed by atoms with Crippen molar-refractivity contribution in [2.75, 3.05) is 6.54 Å². The standard InChI is InChI=1S/C11H19N3O/c1-14-7-6-13-10(14)8-12-9-11(15)4-2-3-5-11/h6-7,12,15H,2-5,8-9H2,1H3. The molecule has 0 amide bonds. The van der Waals surface area contributed by atoms with Crippen LogP contribution in [0, 0.1) is 0 Å². The van der Waals surface area contributed by atoms with Crippen LogP contribution in [-0.2, 0) is 13.6 Å². The topological polar surface area (TPSA) is 50.1 Å². The zero-order chi connectivity index (χ0) is 10.7. The van der Waals surface area contributed by atoms with Gasteiger partial charge < -0.3 is 15.0 Å². The Morgan fingerprint density at radius 2 is 2.27 bits per heavy atom. The van der Waals surface area contributed by atoms with Gasteiger partial charge >= 0.3 is 0 Å². The monoisotopic (exact) mass is 209 g/mol. The lowest BCUT2D eigenvalue weighted by molar-refractivity contribution is 0.0472. The zero-order valence-electron chi connectivity index (χ0n) is 9.24. The molecule has 1 fully saturated rings. The fourth-order valence-corrected chi connectivity index (χ4v) is 2.18. The molecule has 2 N–H and O–H groups in total. The quantitative estimate of drug-likeness (QED) is 0.771. The molecule has 2 rings (SSSR count). The molecule has 1 aromatic rings. The molecule has 0 bridgehead atoms. The summed E-state index contributed by atoms with van der Waals surface area (Å²) in [4.78, 5) is 4.22. The van der Waals surface area contributed by atoms with E-state index in [-0.39, 0.29) is 0 Å². The second-order valence-electron chi connectivity index (χ2n) is 4.49. The molecule has 0 radical (unpaired) electrons. The molecule has 4 heteroatoms. The molecule has 4 nitrogen and oxygen atoms in total. The molecule has 1 saturated carbocycles. The predicted octanol–water partition coefficient (Wildman–Crippen LogP) is 0.815. The van der Waals surface area contributed by atoms with Crippen LogP contribution in [0.5, 0.6) is 0 Å². The van der Waals surface area contributed by atoms with Crippen LogP contribution in [0.2, 0.25) is 0 Å². The van der Waals surface area contributed by atoms with Crippen LogP contribution in [0.3, 0.4) is 0 Å². The average molecular weight is 209 g/mol. The van der Waals surface area contributed by atoms with Crippen molar-refractivity contribution in [1.82, 2.24) is 14.9 Å². The summed E-state index contributed by atoms with van der Waals surface area (Å²) in [7, 11) is 1.98. The van der Waals surface area contributed by atoms with Crippen molar-refractivity contribution < 1.29 is 5.11 Å². The van der Waals surface area contributed by atoms with Crippen molar-refractivity contribution in [3.8, 4) is 0 Å². The van der Waals surface area contributed by atoms with Gasteiger partial charge in [0.2, 0.25) is 0 Å². The maximum absolute atomic E-state index is 10.1. The second kappa shape index (κ2) is 4.33. The van der Waals surface area contributed by atoms with E-state index in [9.17, 15) is 5.11 Å². The highest BCUT2D eigenvalue weighted by Gasteiger charge is 2.30. The average Bonchev–Trinajstić information content (AvgIpc) is 2.78. The number of hydrogen-bond acceptors (Lipinski definition) is 3.